The Labute approximate surface area is 113 Å². The zero-order valence-electron chi connectivity index (χ0n) is 11.6. The largest absolute Gasteiger partial charge is 0.465 e. The van der Waals surface area contributed by atoms with Crippen molar-refractivity contribution >= 4 is 17.3 Å². The summed E-state index contributed by atoms with van der Waals surface area (Å²) in [6.07, 6.45) is 0.188. The van der Waals surface area contributed by atoms with Crippen LogP contribution in [0.5, 0.6) is 0 Å². The number of nitrogens with zero attached hydrogens (tertiary/aromatic N) is 1. The number of methoxy groups -OCH3 is 1. The van der Waals surface area contributed by atoms with Gasteiger partial charge in [0, 0.05) is 24.5 Å². The highest BCUT2D eigenvalue weighted by Gasteiger charge is 2.20. The second kappa shape index (κ2) is 5.48. The highest BCUT2D eigenvalue weighted by atomic mass is 16.5. The summed E-state index contributed by atoms with van der Waals surface area (Å²) in [5.74, 6) is -0.399. The van der Waals surface area contributed by atoms with Crippen molar-refractivity contribution in [3.05, 3.63) is 23.3 Å². The fourth-order valence-corrected chi connectivity index (χ4v) is 2.29. The lowest BCUT2D eigenvalue weighted by molar-refractivity contribution is 0.0532. The van der Waals surface area contributed by atoms with Crippen LogP contribution in [0.25, 0.3) is 0 Å². The van der Waals surface area contributed by atoms with Gasteiger partial charge in [0.15, 0.2) is 0 Å². The zero-order valence-corrected chi connectivity index (χ0v) is 11.6. The number of carbonyl (C=O) groups excluding carboxylic acids is 1. The van der Waals surface area contributed by atoms with Crippen molar-refractivity contribution in [2.45, 2.75) is 20.0 Å². The number of anilines is 2. The first kappa shape index (κ1) is 13.7. The maximum Gasteiger partial charge on any atom is 0.340 e. The third-order valence-electron chi connectivity index (χ3n) is 3.38. The predicted octanol–water partition coefficient (Wildman–Crippen LogP) is 1.59. The van der Waals surface area contributed by atoms with Crippen molar-refractivity contribution in [2.75, 3.05) is 37.4 Å². The molecule has 0 spiro atoms. The molecular formula is C14H20N2O3. The van der Waals surface area contributed by atoms with Gasteiger partial charge in [-0.25, -0.2) is 4.79 Å². The molecule has 1 atom stereocenters. The monoisotopic (exact) mass is 264 g/mol. The summed E-state index contributed by atoms with van der Waals surface area (Å²) < 4.78 is 10.3. The van der Waals surface area contributed by atoms with Gasteiger partial charge in [-0.3, -0.25) is 0 Å². The van der Waals surface area contributed by atoms with Crippen LogP contribution in [0, 0.1) is 6.92 Å². The van der Waals surface area contributed by atoms with Gasteiger partial charge in [0.2, 0.25) is 0 Å². The normalized spacial score (nSPS) is 19.3. The zero-order chi connectivity index (χ0) is 14.0. The van der Waals surface area contributed by atoms with E-state index in [4.69, 9.17) is 15.2 Å². The molecule has 2 N–H and O–H groups in total. The molecule has 1 aromatic rings. The first-order chi connectivity index (χ1) is 9.02. The summed E-state index contributed by atoms with van der Waals surface area (Å²) in [7, 11) is 1.36. The van der Waals surface area contributed by atoms with Crippen molar-refractivity contribution in [2.24, 2.45) is 0 Å². The summed E-state index contributed by atoms with van der Waals surface area (Å²) in [5.41, 5.74) is 8.73. The van der Waals surface area contributed by atoms with Gasteiger partial charge in [-0.15, -0.1) is 0 Å². The number of benzene rings is 1. The molecule has 0 saturated carbocycles. The van der Waals surface area contributed by atoms with Crippen LogP contribution in [0.4, 0.5) is 11.4 Å². The molecule has 2 rings (SSSR count). The molecule has 0 aliphatic carbocycles. The minimum absolute atomic E-state index is 0.188. The number of nitrogens with two attached hydrogens (primary N) is 1. The highest BCUT2D eigenvalue weighted by Crippen LogP contribution is 2.27. The topological polar surface area (TPSA) is 64.8 Å². The van der Waals surface area contributed by atoms with E-state index in [2.05, 4.69) is 4.90 Å². The van der Waals surface area contributed by atoms with E-state index in [1.165, 1.54) is 7.11 Å². The third kappa shape index (κ3) is 2.81. The Morgan fingerprint density at radius 2 is 2.26 bits per heavy atom. The van der Waals surface area contributed by atoms with Crippen molar-refractivity contribution in [3.8, 4) is 0 Å². The standard InChI is InChI=1S/C14H20N2O3/c1-9-6-11(16-4-5-19-10(2)8-16)7-12(13(9)15)14(17)18-3/h6-7,10H,4-5,8,15H2,1-3H3. The highest BCUT2D eigenvalue weighted by molar-refractivity contribution is 5.97. The van der Waals surface area contributed by atoms with Gasteiger partial charge in [0.05, 0.1) is 25.4 Å². The lowest BCUT2D eigenvalue weighted by Gasteiger charge is -2.33. The third-order valence-corrected chi connectivity index (χ3v) is 3.38. The fourth-order valence-electron chi connectivity index (χ4n) is 2.29. The van der Waals surface area contributed by atoms with E-state index in [0.717, 1.165) is 24.3 Å². The van der Waals surface area contributed by atoms with Crippen LogP contribution in [0.15, 0.2) is 12.1 Å². The molecule has 5 nitrogen and oxygen atoms in total. The fraction of sp³-hybridized carbons (Fsp3) is 0.500. The SMILES string of the molecule is COC(=O)c1cc(N2CCOC(C)C2)cc(C)c1N. The minimum atomic E-state index is -0.399. The molecule has 0 bridgehead atoms. The molecule has 1 aliphatic rings. The maximum absolute atomic E-state index is 11.7. The number of nitrogen functional groups attached to an aromatic ring is 1. The molecule has 104 valence electrons. The van der Waals surface area contributed by atoms with Crippen molar-refractivity contribution < 1.29 is 14.3 Å². The Hall–Kier alpha value is -1.75. The van der Waals surface area contributed by atoms with Gasteiger partial charge in [0.1, 0.15) is 0 Å². The number of carbonyl (C=O) groups is 1. The summed E-state index contributed by atoms with van der Waals surface area (Å²) in [6, 6.07) is 3.80. The number of rotatable bonds is 2. The number of hydrogen-bond donors (Lipinski definition) is 1. The lowest BCUT2D eigenvalue weighted by atomic mass is 10.1. The molecule has 1 aliphatic heterocycles. The molecule has 0 aromatic heterocycles. The van der Waals surface area contributed by atoms with Crippen LogP contribution in [0.3, 0.4) is 0 Å². The Bertz CT molecular complexity index is 488. The van der Waals surface area contributed by atoms with Gasteiger partial charge in [-0.2, -0.15) is 0 Å². The molecule has 1 heterocycles. The van der Waals surface area contributed by atoms with Crippen LogP contribution in [-0.4, -0.2) is 38.9 Å². The molecule has 0 amide bonds. The molecule has 1 unspecified atom stereocenters. The van der Waals surface area contributed by atoms with Gasteiger partial charge >= 0.3 is 5.97 Å². The Morgan fingerprint density at radius 1 is 1.53 bits per heavy atom. The molecule has 1 fully saturated rings. The predicted molar refractivity (Wildman–Crippen MR) is 74.6 cm³/mol. The second-order valence-electron chi connectivity index (χ2n) is 4.84. The molecular weight excluding hydrogens is 244 g/mol. The number of esters is 1. The number of aryl methyl sites for hydroxylation is 1. The first-order valence-electron chi connectivity index (χ1n) is 6.38. The smallest absolute Gasteiger partial charge is 0.340 e. The van der Waals surface area contributed by atoms with E-state index in [1.54, 1.807) is 6.07 Å². The molecule has 1 aromatic carbocycles. The van der Waals surface area contributed by atoms with Crippen molar-refractivity contribution in [1.29, 1.82) is 0 Å². The Morgan fingerprint density at radius 3 is 2.89 bits per heavy atom. The van der Waals surface area contributed by atoms with Gasteiger partial charge < -0.3 is 20.1 Å². The summed E-state index contributed by atoms with van der Waals surface area (Å²) >= 11 is 0. The first-order valence-corrected chi connectivity index (χ1v) is 6.38. The summed E-state index contributed by atoms with van der Waals surface area (Å²) in [5, 5.41) is 0. The van der Waals surface area contributed by atoms with E-state index in [0.29, 0.717) is 17.9 Å². The number of hydrogen-bond acceptors (Lipinski definition) is 5. The minimum Gasteiger partial charge on any atom is -0.465 e. The molecule has 1 saturated heterocycles. The van der Waals surface area contributed by atoms with E-state index in [9.17, 15) is 4.79 Å². The molecule has 19 heavy (non-hydrogen) atoms. The van der Waals surface area contributed by atoms with Crippen LogP contribution in [-0.2, 0) is 9.47 Å². The van der Waals surface area contributed by atoms with E-state index in [-0.39, 0.29) is 6.10 Å². The van der Waals surface area contributed by atoms with Gasteiger partial charge in [-0.1, -0.05) is 0 Å². The van der Waals surface area contributed by atoms with E-state index >= 15 is 0 Å². The Balaban J connectivity index is 2.36. The van der Waals surface area contributed by atoms with Crippen LogP contribution in [0.2, 0.25) is 0 Å². The van der Waals surface area contributed by atoms with Crippen molar-refractivity contribution in [3.63, 3.8) is 0 Å². The number of morpholine rings is 1. The van der Waals surface area contributed by atoms with E-state index in [1.807, 2.05) is 19.9 Å². The van der Waals surface area contributed by atoms with Crippen LogP contribution >= 0.6 is 0 Å². The second-order valence-corrected chi connectivity index (χ2v) is 4.84. The summed E-state index contributed by atoms with van der Waals surface area (Å²) in [6.45, 7) is 6.25. The average Bonchev–Trinajstić information content (AvgIpc) is 2.40. The van der Waals surface area contributed by atoms with Crippen LogP contribution in [0.1, 0.15) is 22.8 Å². The lowest BCUT2D eigenvalue weighted by Crippen LogP contribution is -2.41. The summed E-state index contributed by atoms with van der Waals surface area (Å²) in [4.78, 5) is 13.9. The molecule has 5 heteroatoms. The quantitative estimate of drug-likeness (QED) is 0.649. The Kier molecular flexibility index (Phi) is 3.95. The maximum atomic E-state index is 11.7. The van der Waals surface area contributed by atoms with Gasteiger partial charge in [-0.05, 0) is 31.5 Å². The number of ether oxygens (including phenoxy) is 2. The molecule has 0 radical (unpaired) electrons. The van der Waals surface area contributed by atoms with Crippen LogP contribution < -0.4 is 10.6 Å². The van der Waals surface area contributed by atoms with Crippen molar-refractivity contribution in [1.82, 2.24) is 0 Å². The van der Waals surface area contributed by atoms with Gasteiger partial charge in [0.25, 0.3) is 0 Å². The van der Waals surface area contributed by atoms with E-state index < -0.39 is 5.97 Å². The average molecular weight is 264 g/mol.